The van der Waals surface area contributed by atoms with Crippen molar-refractivity contribution >= 4 is 0 Å². The lowest BCUT2D eigenvalue weighted by atomic mass is 9.88. The highest BCUT2D eigenvalue weighted by Crippen LogP contribution is 2.29. The molecule has 0 saturated heterocycles. The third-order valence-electron chi connectivity index (χ3n) is 4.76. The summed E-state index contributed by atoms with van der Waals surface area (Å²) in [5.41, 5.74) is 1.69. The zero-order valence-corrected chi connectivity index (χ0v) is 15.5. The number of aliphatic hydroxyl groups excluding tert-OH is 3. The molecule has 0 atom stereocenters. The molecule has 144 valence electrons. The molecule has 0 spiro atoms. The minimum atomic E-state index is -0.667. The zero-order valence-electron chi connectivity index (χ0n) is 15.5. The van der Waals surface area contributed by atoms with E-state index in [-0.39, 0.29) is 31.3 Å². The standard InChI is InChI=1S/C15H16O2.C6H14O3/c1-2-15(11-3-7-13(16)8-4-11)12-5-9-14(17)10-6-12;1-2-6(3-7,4-8)5-9/h3-10,15-17H,2H2,1H3;7-9H,2-5H2,1H3. The Kier molecular flexibility index (Phi) is 9.13. The second-order valence-corrected chi connectivity index (χ2v) is 6.47. The van der Waals surface area contributed by atoms with E-state index in [4.69, 9.17) is 15.3 Å². The number of rotatable bonds is 7. The molecule has 2 rings (SSSR count). The summed E-state index contributed by atoms with van der Waals surface area (Å²) in [6.45, 7) is 3.48. The fourth-order valence-corrected chi connectivity index (χ4v) is 2.56. The summed E-state index contributed by atoms with van der Waals surface area (Å²) in [4.78, 5) is 0. The van der Waals surface area contributed by atoms with Crippen LogP contribution in [0.2, 0.25) is 0 Å². The molecule has 0 radical (unpaired) electrons. The Hall–Kier alpha value is -2.08. The molecule has 5 N–H and O–H groups in total. The van der Waals surface area contributed by atoms with E-state index >= 15 is 0 Å². The number of hydrogen-bond acceptors (Lipinski definition) is 5. The SMILES string of the molecule is CCC(CO)(CO)CO.CCC(c1ccc(O)cc1)c1ccc(O)cc1. The first-order chi connectivity index (χ1) is 12.4. The van der Waals surface area contributed by atoms with Gasteiger partial charge in [-0.3, -0.25) is 0 Å². The van der Waals surface area contributed by atoms with Crippen molar-refractivity contribution in [1.29, 1.82) is 0 Å². The van der Waals surface area contributed by atoms with E-state index in [1.54, 1.807) is 24.3 Å². The molecule has 0 bridgehead atoms. The predicted octanol–water partition coefficient (Wildman–Crippen LogP) is 3.00. The van der Waals surface area contributed by atoms with Crippen molar-refractivity contribution in [3.63, 3.8) is 0 Å². The van der Waals surface area contributed by atoms with Crippen LogP contribution in [-0.4, -0.2) is 45.4 Å². The van der Waals surface area contributed by atoms with Gasteiger partial charge >= 0.3 is 0 Å². The van der Waals surface area contributed by atoms with E-state index in [1.165, 1.54) is 11.1 Å². The number of phenolic OH excluding ortho intramolecular Hbond substituents is 2. The largest absolute Gasteiger partial charge is 0.508 e. The molecule has 0 aliphatic rings. The molecule has 0 fully saturated rings. The molecule has 0 saturated carbocycles. The fourth-order valence-electron chi connectivity index (χ4n) is 2.56. The van der Waals surface area contributed by atoms with Crippen molar-refractivity contribution in [2.24, 2.45) is 5.41 Å². The fraction of sp³-hybridized carbons (Fsp3) is 0.429. The van der Waals surface area contributed by atoms with Crippen LogP contribution in [0.3, 0.4) is 0 Å². The minimum absolute atomic E-state index is 0.156. The van der Waals surface area contributed by atoms with Gasteiger partial charge in [-0.2, -0.15) is 0 Å². The number of aromatic hydroxyl groups is 2. The summed E-state index contributed by atoms with van der Waals surface area (Å²) in [5.74, 6) is 0.875. The van der Waals surface area contributed by atoms with Crippen LogP contribution in [0.15, 0.2) is 48.5 Å². The Morgan fingerprint density at radius 3 is 1.23 bits per heavy atom. The maximum atomic E-state index is 9.29. The van der Waals surface area contributed by atoms with Crippen molar-refractivity contribution < 1.29 is 25.5 Å². The van der Waals surface area contributed by atoms with Gasteiger partial charge in [-0.25, -0.2) is 0 Å². The third kappa shape index (κ3) is 6.02. The van der Waals surface area contributed by atoms with Crippen molar-refractivity contribution in [2.45, 2.75) is 32.6 Å². The van der Waals surface area contributed by atoms with Gasteiger partial charge in [-0.05, 0) is 48.2 Å². The van der Waals surface area contributed by atoms with E-state index in [1.807, 2.05) is 31.2 Å². The summed E-state index contributed by atoms with van der Waals surface area (Å²) in [5, 5.41) is 44.5. The molecule has 2 aromatic carbocycles. The molecule has 0 amide bonds. The molecule has 2 aromatic rings. The number of aliphatic hydroxyl groups is 3. The van der Waals surface area contributed by atoms with E-state index in [9.17, 15) is 10.2 Å². The molecular weight excluding hydrogens is 332 g/mol. The smallest absolute Gasteiger partial charge is 0.115 e. The highest BCUT2D eigenvalue weighted by Gasteiger charge is 2.24. The third-order valence-corrected chi connectivity index (χ3v) is 4.76. The van der Waals surface area contributed by atoms with Gasteiger partial charge in [0.15, 0.2) is 0 Å². The average Bonchev–Trinajstić information content (AvgIpc) is 2.68. The Morgan fingerprint density at radius 2 is 1.04 bits per heavy atom. The van der Waals surface area contributed by atoms with Crippen LogP contribution >= 0.6 is 0 Å². The molecule has 5 nitrogen and oxygen atoms in total. The normalized spacial score (nSPS) is 11.2. The first-order valence-electron chi connectivity index (χ1n) is 8.85. The Labute approximate surface area is 155 Å². The van der Waals surface area contributed by atoms with Crippen LogP contribution in [0.25, 0.3) is 0 Å². The zero-order chi connectivity index (χ0) is 19.6. The molecule has 0 aromatic heterocycles. The van der Waals surface area contributed by atoms with Gasteiger partial charge in [-0.15, -0.1) is 0 Å². The summed E-state index contributed by atoms with van der Waals surface area (Å²) in [6, 6.07) is 14.6. The van der Waals surface area contributed by atoms with Gasteiger partial charge in [0, 0.05) is 11.3 Å². The van der Waals surface area contributed by atoms with E-state index in [0.29, 0.717) is 12.3 Å². The number of benzene rings is 2. The van der Waals surface area contributed by atoms with E-state index in [2.05, 4.69) is 6.92 Å². The van der Waals surface area contributed by atoms with Gasteiger partial charge < -0.3 is 25.5 Å². The van der Waals surface area contributed by atoms with Crippen molar-refractivity contribution in [1.82, 2.24) is 0 Å². The second kappa shape index (κ2) is 10.8. The Bertz CT molecular complexity index is 555. The summed E-state index contributed by atoms with van der Waals surface area (Å²) in [6.07, 6.45) is 1.58. The molecule has 5 heteroatoms. The maximum absolute atomic E-state index is 9.29. The second-order valence-electron chi connectivity index (χ2n) is 6.47. The van der Waals surface area contributed by atoms with Gasteiger partial charge in [0.2, 0.25) is 0 Å². The highest BCUT2D eigenvalue weighted by atomic mass is 16.3. The van der Waals surface area contributed by atoms with Gasteiger partial charge in [0.05, 0.1) is 19.8 Å². The van der Waals surface area contributed by atoms with Gasteiger partial charge in [0.1, 0.15) is 11.5 Å². The maximum Gasteiger partial charge on any atom is 0.115 e. The van der Waals surface area contributed by atoms with Crippen LogP contribution < -0.4 is 0 Å². The van der Waals surface area contributed by atoms with E-state index in [0.717, 1.165) is 6.42 Å². The Balaban J connectivity index is 0.000000321. The molecule has 0 aliphatic heterocycles. The van der Waals surface area contributed by atoms with Gasteiger partial charge in [0.25, 0.3) is 0 Å². The highest BCUT2D eigenvalue weighted by molar-refractivity contribution is 5.37. The topological polar surface area (TPSA) is 101 Å². The Morgan fingerprint density at radius 1 is 0.692 bits per heavy atom. The summed E-state index contributed by atoms with van der Waals surface area (Å²) >= 11 is 0. The predicted molar refractivity (Wildman–Crippen MR) is 102 cm³/mol. The molecule has 0 unspecified atom stereocenters. The monoisotopic (exact) mass is 362 g/mol. The number of hydrogen-bond donors (Lipinski definition) is 5. The average molecular weight is 362 g/mol. The molecule has 0 aliphatic carbocycles. The first-order valence-corrected chi connectivity index (χ1v) is 8.85. The van der Waals surface area contributed by atoms with Crippen LogP contribution in [0.1, 0.15) is 43.7 Å². The van der Waals surface area contributed by atoms with Crippen molar-refractivity contribution in [3.8, 4) is 11.5 Å². The van der Waals surface area contributed by atoms with Gasteiger partial charge in [-0.1, -0.05) is 38.1 Å². The van der Waals surface area contributed by atoms with Crippen LogP contribution in [-0.2, 0) is 0 Å². The summed E-state index contributed by atoms with van der Waals surface area (Å²) < 4.78 is 0. The van der Waals surface area contributed by atoms with E-state index < -0.39 is 5.41 Å². The summed E-state index contributed by atoms with van der Waals surface area (Å²) in [7, 11) is 0. The van der Waals surface area contributed by atoms with Crippen molar-refractivity contribution in [2.75, 3.05) is 19.8 Å². The lowest BCUT2D eigenvalue weighted by Crippen LogP contribution is -2.32. The molecule has 0 heterocycles. The number of phenols is 2. The van der Waals surface area contributed by atoms with Crippen LogP contribution in [0, 0.1) is 5.41 Å². The first kappa shape index (κ1) is 22.0. The molecule has 26 heavy (non-hydrogen) atoms. The molecular formula is C21H30O5. The van der Waals surface area contributed by atoms with Crippen LogP contribution in [0.5, 0.6) is 11.5 Å². The van der Waals surface area contributed by atoms with Crippen molar-refractivity contribution in [3.05, 3.63) is 59.7 Å². The lowest BCUT2D eigenvalue weighted by molar-refractivity contribution is 0.00304. The van der Waals surface area contributed by atoms with Crippen LogP contribution in [0.4, 0.5) is 0 Å². The quantitative estimate of drug-likeness (QED) is 0.521. The lowest BCUT2D eigenvalue weighted by Gasteiger charge is -2.24. The minimum Gasteiger partial charge on any atom is -0.508 e.